The van der Waals surface area contributed by atoms with E-state index < -0.39 is 17.8 Å². The number of benzene rings is 2. The summed E-state index contributed by atoms with van der Waals surface area (Å²) in [5.74, 6) is -1.24. The minimum atomic E-state index is -0.618. The van der Waals surface area contributed by atoms with Crippen molar-refractivity contribution in [2.45, 2.75) is 26.7 Å². The molecule has 194 valence electrons. The third-order valence-electron chi connectivity index (χ3n) is 5.06. The van der Waals surface area contributed by atoms with Crippen molar-refractivity contribution in [1.82, 2.24) is 10.3 Å². The predicted molar refractivity (Wildman–Crippen MR) is 141 cm³/mol. The highest BCUT2D eigenvalue weighted by Gasteiger charge is 2.16. The maximum Gasteiger partial charge on any atom is 0.320 e. The van der Waals surface area contributed by atoms with Crippen LogP contribution in [0, 0.1) is 5.82 Å². The average molecular weight is 528 g/mol. The fourth-order valence-corrected chi connectivity index (χ4v) is 3.46. The number of carbonyl (C=O) groups excluding carboxylic acids is 3. The van der Waals surface area contributed by atoms with Gasteiger partial charge in [0.2, 0.25) is 0 Å². The highest BCUT2D eigenvalue weighted by Crippen LogP contribution is 2.27. The van der Waals surface area contributed by atoms with E-state index in [1.54, 1.807) is 38.1 Å². The van der Waals surface area contributed by atoms with E-state index in [0.29, 0.717) is 25.3 Å². The van der Waals surface area contributed by atoms with Crippen molar-refractivity contribution >= 4 is 52.4 Å². The van der Waals surface area contributed by atoms with Gasteiger partial charge in [0.25, 0.3) is 5.91 Å². The van der Waals surface area contributed by atoms with Gasteiger partial charge in [-0.25, -0.2) is 14.2 Å². The molecule has 0 saturated carbocycles. The minimum absolute atomic E-state index is 0.0829. The number of pyridine rings is 1. The van der Waals surface area contributed by atoms with Crippen LogP contribution in [0.4, 0.5) is 32.1 Å². The van der Waals surface area contributed by atoms with Crippen LogP contribution in [0.1, 0.15) is 36.2 Å². The molecule has 0 radical (unpaired) electrons. The summed E-state index contributed by atoms with van der Waals surface area (Å²) in [4.78, 5) is 40.7. The number of amides is 3. The lowest BCUT2D eigenvalue weighted by molar-refractivity contribution is -0.143. The molecular weight excluding hydrogens is 501 g/mol. The summed E-state index contributed by atoms with van der Waals surface area (Å²) in [6, 6.07) is 12.1. The van der Waals surface area contributed by atoms with Crippen LogP contribution >= 0.6 is 11.6 Å². The Labute approximate surface area is 218 Å². The van der Waals surface area contributed by atoms with Gasteiger partial charge < -0.3 is 20.7 Å². The van der Waals surface area contributed by atoms with E-state index in [9.17, 15) is 18.8 Å². The van der Waals surface area contributed by atoms with Crippen molar-refractivity contribution in [3.63, 3.8) is 0 Å². The Kier molecular flexibility index (Phi) is 9.79. The highest BCUT2D eigenvalue weighted by molar-refractivity contribution is 6.30. The van der Waals surface area contributed by atoms with E-state index in [4.69, 9.17) is 16.3 Å². The second kappa shape index (κ2) is 13.2. The van der Waals surface area contributed by atoms with Gasteiger partial charge in [-0.1, -0.05) is 23.7 Å². The average Bonchev–Trinajstić information content (AvgIpc) is 2.86. The molecule has 0 fully saturated rings. The lowest BCUT2D eigenvalue weighted by Crippen LogP contribution is -2.28. The SMILES string of the molecule is CCNC(=O)Nc1cc(Nc2ccc(Cl)cc2F)c(C(=O)Nc2ccc(CCC(=O)OCC)cc2)cn1. The summed E-state index contributed by atoms with van der Waals surface area (Å²) in [5.41, 5.74) is 1.83. The summed E-state index contributed by atoms with van der Waals surface area (Å²) < 4.78 is 19.4. The lowest BCUT2D eigenvalue weighted by atomic mass is 10.1. The molecule has 0 aliphatic heterocycles. The van der Waals surface area contributed by atoms with E-state index in [0.717, 1.165) is 11.6 Å². The molecule has 0 saturated heterocycles. The third kappa shape index (κ3) is 8.18. The van der Waals surface area contributed by atoms with E-state index in [2.05, 4.69) is 26.3 Å². The van der Waals surface area contributed by atoms with Crippen molar-refractivity contribution in [1.29, 1.82) is 0 Å². The van der Waals surface area contributed by atoms with Crippen LogP contribution in [0.5, 0.6) is 0 Å². The molecule has 0 spiro atoms. The molecule has 0 atom stereocenters. The highest BCUT2D eigenvalue weighted by atomic mass is 35.5. The first-order valence-corrected chi connectivity index (χ1v) is 12.0. The fourth-order valence-electron chi connectivity index (χ4n) is 3.30. The smallest absolute Gasteiger partial charge is 0.320 e. The van der Waals surface area contributed by atoms with Crippen molar-refractivity contribution in [3.8, 4) is 0 Å². The van der Waals surface area contributed by atoms with Gasteiger partial charge in [0, 0.05) is 35.9 Å². The Balaban J connectivity index is 1.79. The quantitative estimate of drug-likeness (QED) is 0.258. The number of ether oxygens (including phenoxy) is 1. The Bertz CT molecular complexity index is 1270. The molecule has 2 aromatic carbocycles. The molecular formula is C26H27ClFN5O4. The zero-order valence-electron chi connectivity index (χ0n) is 20.4. The van der Waals surface area contributed by atoms with Gasteiger partial charge in [0.1, 0.15) is 11.6 Å². The Morgan fingerprint density at radius 3 is 2.43 bits per heavy atom. The number of nitrogens with one attached hydrogen (secondary N) is 4. The molecule has 3 aromatic rings. The zero-order valence-corrected chi connectivity index (χ0v) is 21.1. The fraction of sp³-hybridized carbons (Fsp3) is 0.231. The number of urea groups is 1. The summed E-state index contributed by atoms with van der Waals surface area (Å²) in [5, 5.41) is 11.0. The van der Waals surface area contributed by atoms with Crippen LogP contribution < -0.4 is 21.3 Å². The van der Waals surface area contributed by atoms with Crippen LogP contribution in [0.25, 0.3) is 0 Å². The largest absolute Gasteiger partial charge is 0.466 e. The minimum Gasteiger partial charge on any atom is -0.466 e. The number of carbonyl (C=O) groups is 3. The summed E-state index contributed by atoms with van der Waals surface area (Å²) >= 11 is 5.85. The van der Waals surface area contributed by atoms with Gasteiger partial charge >= 0.3 is 12.0 Å². The molecule has 9 nitrogen and oxygen atoms in total. The van der Waals surface area contributed by atoms with Gasteiger partial charge in [-0.15, -0.1) is 0 Å². The topological polar surface area (TPSA) is 121 Å². The molecule has 0 aliphatic carbocycles. The Morgan fingerprint density at radius 2 is 1.76 bits per heavy atom. The van der Waals surface area contributed by atoms with Crippen molar-refractivity contribution in [2.24, 2.45) is 0 Å². The number of anilines is 4. The van der Waals surface area contributed by atoms with E-state index in [1.165, 1.54) is 24.4 Å². The van der Waals surface area contributed by atoms with Crippen LogP contribution in [0.3, 0.4) is 0 Å². The first kappa shape index (κ1) is 27.4. The van der Waals surface area contributed by atoms with Gasteiger partial charge in [0.05, 0.1) is 23.5 Å². The Hall–Kier alpha value is -4.18. The third-order valence-corrected chi connectivity index (χ3v) is 5.30. The number of rotatable bonds is 10. The van der Waals surface area contributed by atoms with Gasteiger partial charge in [-0.2, -0.15) is 0 Å². The molecule has 4 N–H and O–H groups in total. The molecule has 1 heterocycles. The maximum absolute atomic E-state index is 14.4. The van der Waals surface area contributed by atoms with Gasteiger partial charge in [0.15, 0.2) is 0 Å². The van der Waals surface area contributed by atoms with Crippen LogP contribution in [0.15, 0.2) is 54.7 Å². The number of esters is 1. The summed E-state index contributed by atoms with van der Waals surface area (Å²) in [6.45, 7) is 4.27. The second-order valence-electron chi connectivity index (χ2n) is 7.80. The summed E-state index contributed by atoms with van der Waals surface area (Å²) in [7, 11) is 0. The number of hydrogen-bond donors (Lipinski definition) is 4. The van der Waals surface area contributed by atoms with Crippen molar-refractivity contribution < 1.29 is 23.5 Å². The van der Waals surface area contributed by atoms with Crippen LogP contribution in [-0.2, 0) is 16.0 Å². The normalized spacial score (nSPS) is 10.4. The van der Waals surface area contributed by atoms with E-state index >= 15 is 0 Å². The van der Waals surface area contributed by atoms with Crippen LogP contribution in [0.2, 0.25) is 5.02 Å². The molecule has 0 aliphatic rings. The van der Waals surface area contributed by atoms with Crippen molar-refractivity contribution in [3.05, 3.63) is 76.7 Å². The molecule has 37 heavy (non-hydrogen) atoms. The standard InChI is InChI=1S/C26H27ClFN5O4/c1-3-29-26(36)33-23-14-22(32-21-11-8-17(27)13-20(21)28)19(15-30-23)25(35)31-18-9-5-16(6-10-18)7-12-24(34)37-4-2/h5-6,8-11,13-15H,3-4,7,12H2,1-2H3,(H,31,35)(H3,29,30,32,33,36). The number of hydrogen-bond acceptors (Lipinski definition) is 6. The first-order valence-electron chi connectivity index (χ1n) is 11.6. The summed E-state index contributed by atoms with van der Waals surface area (Å²) in [6.07, 6.45) is 2.05. The van der Waals surface area contributed by atoms with E-state index in [1.807, 2.05) is 0 Å². The number of nitrogens with zero attached hydrogens (tertiary/aromatic N) is 1. The molecule has 3 rings (SSSR count). The Morgan fingerprint density at radius 1 is 1.00 bits per heavy atom. The maximum atomic E-state index is 14.4. The molecule has 11 heteroatoms. The molecule has 3 amide bonds. The van der Waals surface area contributed by atoms with Crippen LogP contribution in [-0.4, -0.2) is 36.0 Å². The number of halogens is 2. The van der Waals surface area contributed by atoms with Gasteiger partial charge in [-0.05, 0) is 56.2 Å². The first-order chi connectivity index (χ1) is 17.8. The second-order valence-corrected chi connectivity index (χ2v) is 8.24. The van der Waals surface area contributed by atoms with Gasteiger partial charge in [-0.3, -0.25) is 14.9 Å². The predicted octanol–water partition coefficient (Wildman–Crippen LogP) is 5.51. The van der Waals surface area contributed by atoms with E-state index in [-0.39, 0.29) is 40.2 Å². The van der Waals surface area contributed by atoms with Crippen molar-refractivity contribution in [2.75, 3.05) is 29.1 Å². The zero-order chi connectivity index (χ0) is 26.8. The molecule has 0 bridgehead atoms. The number of aromatic nitrogens is 1. The lowest BCUT2D eigenvalue weighted by Gasteiger charge is -2.15. The number of aryl methyl sites for hydroxylation is 1. The molecule has 1 aromatic heterocycles. The monoisotopic (exact) mass is 527 g/mol. The molecule has 0 unspecified atom stereocenters.